The first kappa shape index (κ1) is 33.2. The van der Waals surface area contributed by atoms with Crippen LogP contribution >= 0.6 is 0 Å². The van der Waals surface area contributed by atoms with Gasteiger partial charge in [-0.15, -0.1) is 0 Å². The quantitative estimate of drug-likeness (QED) is 0.115. The zero-order valence-corrected chi connectivity index (χ0v) is 21.7. The lowest BCUT2D eigenvalue weighted by molar-refractivity contribution is -0.142. The van der Waals surface area contributed by atoms with Gasteiger partial charge in [-0.1, -0.05) is 45.4 Å². The number of hydrogen-bond acceptors (Lipinski definition) is 9. The van der Waals surface area contributed by atoms with Gasteiger partial charge in [0.2, 0.25) is 0 Å². The topological polar surface area (TPSA) is 90.9 Å². The molecule has 0 saturated carbocycles. The summed E-state index contributed by atoms with van der Waals surface area (Å²) in [6.45, 7) is 11.5. The van der Waals surface area contributed by atoms with Crippen molar-refractivity contribution in [3.05, 3.63) is 0 Å². The lowest BCUT2D eigenvalue weighted by Crippen LogP contribution is -2.15. The van der Waals surface area contributed by atoms with Crippen LogP contribution in [0.15, 0.2) is 0 Å². The van der Waals surface area contributed by atoms with E-state index < -0.39 is 0 Å². The second-order valence-corrected chi connectivity index (χ2v) is 7.75. The molecule has 0 aromatic carbocycles. The lowest BCUT2D eigenvalue weighted by atomic mass is 10.1. The minimum Gasteiger partial charge on any atom is -0.463 e. The minimum absolute atomic E-state index is 0.270. The van der Waals surface area contributed by atoms with E-state index in [1.165, 1.54) is 45.4 Å². The van der Waals surface area contributed by atoms with E-state index in [0.717, 1.165) is 13.0 Å². The second-order valence-electron chi connectivity index (χ2n) is 7.75. The summed E-state index contributed by atoms with van der Waals surface area (Å²) in [5, 5.41) is 0. The average Bonchev–Trinajstić information content (AvgIpc) is 2.83. The molecule has 0 aliphatic heterocycles. The molecule has 0 unspecified atom stereocenters. The average molecular weight is 495 g/mol. The van der Waals surface area contributed by atoms with Gasteiger partial charge in [-0.25, -0.2) is 0 Å². The van der Waals surface area contributed by atoms with E-state index in [0.29, 0.717) is 85.9 Å². The molecule has 0 amide bonds. The molecule has 0 spiro atoms. The van der Waals surface area contributed by atoms with Crippen molar-refractivity contribution in [2.24, 2.45) is 0 Å². The van der Waals surface area contributed by atoms with Crippen LogP contribution in [0.3, 0.4) is 0 Å². The Morgan fingerprint density at radius 2 is 0.706 bits per heavy atom. The number of carbonyl (C=O) groups excluding carboxylic acids is 1. The number of esters is 1. The van der Waals surface area contributed by atoms with Gasteiger partial charge in [0, 0.05) is 13.5 Å². The predicted octanol–water partition coefficient (Wildman–Crippen LogP) is 3.42. The smallest absolute Gasteiger partial charge is 0.302 e. The molecule has 0 radical (unpaired) electrons. The highest BCUT2D eigenvalue weighted by Crippen LogP contribution is 2.06. The third-order valence-electron chi connectivity index (χ3n) is 4.66. The Bertz CT molecular complexity index is 397. The van der Waals surface area contributed by atoms with Gasteiger partial charge in [0.15, 0.2) is 0 Å². The largest absolute Gasteiger partial charge is 0.463 e. The van der Waals surface area contributed by atoms with E-state index >= 15 is 0 Å². The fourth-order valence-electron chi connectivity index (χ4n) is 2.83. The van der Waals surface area contributed by atoms with Crippen LogP contribution < -0.4 is 0 Å². The zero-order valence-electron chi connectivity index (χ0n) is 21.7. The van der Waals surface area contributed by atoms with Gasteiger partial charge in [-0.3, -0.25) is 4.79 Å². The van der Waals surface area contributed by atoms with Gasteiger partial charge in [-0.2, -0.15) is 0 Å². The first-order valence-electron chi connectivity index (χ1n) is 12.9. The number of ether oxygens (including phenoxy) is 8. The molecular weight excluding hydrogens is 444 g/mol. The highest BCUT2D eigenvalue weighted by Gasteiger charge is 1.96. The SMILES string of the molecule is CCCCCCCCCOCCOCCOCCOCCOCCOCCOCCOC(C)=O. The Kier molecular flexibility index (Phi) is 29.5. The highest BCUT2D eigenvalue weighted by atomic mass is 16.6. The maximum Gasteiger partial charge on any atom is 0.302 e. The van der Waals surface area contributed by atoms with Gasteiger partial charge < -0.3 is 37.9 Å². The molecule has 0 aliphatic rings. The number of unbranched alkanes of at least 4 members (excludes halogenated alkanes) is 6. The van der Waals surface area contributed by atoms with Crippen LogP contribution in [0.25, 0.3) is 0 Å². The molecule has 0 atom stereocenters. The molecule has 0 aromatic heterocycles. The van der Waals surface area contributed by atoms with Crippen molar-refractivity contribution >= 4 is 5.97 Å². The first-order valence-corrected chi connectivity index (χ1v) is 12.9. The van der Waals surface area contributed by atoms with Crippen molar-refractivity contribution in [1.29, 1.82) is 0 Å². The fraction of sp³-hybridized carbons (Fsp3) is 0.960. The van der Waals surface area contributed by atoms with Crippen LogP contribution in [0.1, 0.15) is 58.8 Å². The van der Waals surface area contributed by atoms with E-state index in [4.69, 9.17) is 37.9 Å². The molecule has 0 aromatic rings. The molecule has 0 aliphatic carbocycles. The molecule has 0 bridgehead atoms. The number of hydrogen-bond donors (Lipinski definition) is 0. The molecule has 9 nitrogen and oxygen atoms in total. The Morgan fingerprint density at radius 3 is 1.06 bits per heavy atom. The Hall–Kier alpha value is -0.810. The molecule has 9 heteroatoms. The summed E-state index contributed by atoms with van der Waals surface area (Å²) in [7, 11) is 0. The van der Waals surface area contributed by atoms with Crippen LogP contribution in [-0.2, 0) is 42.7 Å². The molecule has 204 valence electrons. The normalized spacial score (nSPS) is 11.2. The third kappa shape index (κ3) is 31.2. The summed E-state index contributed by atoms with van der Waals surface area (Å²) >= 11 is 0. The number of carbonyl (C=O) groups is 1. The summed E-state index contributed by atoms with van der Waals surface area (Å²) in [5.41, 5.74) is 0. The van der Waals surface area contributed by atoms with Crippen molar-refractivity contribution in [3.63, 3.8) is 0 Å². The molecule has 0 rings (SSSR count). The second kappa shape index (κ2) is 30.2. The van der Waals surface area contributed by atoms with Crippen molar-refractivity contribution < 1.29 is 42.7 Å². The fourth-order valence-corrected chi connectivity index (χ4v) is 2.83. The summed E-state index contributed by atoms with van der Waals surface area (Å²) < 4.78 is 42.8. The van der Waals surface area contributed by atoms with Gasteiger partial charge >= 0.3 is 5.97 Å². The molecule has 0 N–H and O–H groups in total. The van der Waals surface area contributed by atoms with Crippen LogP contribution in [0.2, 0.25) is 0 Å². The predicted molar refractivity (Wildman–Crippen MR) is 130 cm³/mol. The van der Waals surface area contributed by atoms with Gasteiger partial charge in [-0.05, 0) is 6.42 Å². The molecule has 0 fully saturated rings. The highest BCUT2D eigenvalue weighted by molar-refractivity contribution is 5.65. The molecule has 34 heavy (non-hydrogen) atoms. The van der Waals surface area contributed by atoms with Crippen LogP contribution in [0.4, 0.5) is 0 Å². The van der Waals surface area contributed by atoms with Crippen LogP contribution in [-0.4, -0.2) is 105 Å². The van der Waals surface area contributed by atoms with Gasteiger partial charge in [0.25, 0.3) is 0 Å². The van der Waals surface area contributed by atoms with Crippen molar-refractivity contribution in [2.45, 2.75) is 58.8 Å². The van der Waals surface area contributed by atoms with E-state index in [2.05, 4.69) is 6.92 Å². The van der Waals surface area contributed by atoms with E-state index in [1.807, 2.05) is 0 Å². The molecule has 0 saturated heterocycles. The Morgan fingerprint density at radius 1 is 0.412 bits per heavy atom. The zero-order chi connectivity index (χ0) is 24.8. The van der Waals surface area contributed by atoms with E-state index in [-0.39, 0.29) is 12.6 Å². The molecular formula is C25H50O9. The van der Waals surface area contributed by atoms with Crippen molar-refractivity contribution in [3.8, 4) is 0 Å². The summed E-state index contributed by atoms with van der Waals surface area (Å²) in [5.74, 6) is -0.302. The monoisotopic (exact) mass is 494 g/mol. The van der Waals surface area contributed by atoms with Crippen LogP contribution in [0, 0.1) is 0 Å². The minimum atomic E-state index is -0.302. The summed E-state index contributed by atoms with van der Waals surface area (Å²) in [6.07, 6.45) is 9.11. The van der Waals surface area contributed by atoms with Gasteiger partial charge in [0.1, 0.15) is 6.61 Å². The first-order chi connectivity index (χ1) is 16.8. The van der Waals surface area contributed by atoms with E-state index in [9.17, 15) is 4.79 Å². The van der Waals surface area contributed by atoms with Crippen LogP contribution in [0.5, 0.6) is 0 Å². The standard InChI is InChI=1S/C25H50O9/c1-3-4-5-6-7-8-9-10-27-11-12-28-13-14-29-15-16-30-17-18-31-19-20-32-21-22-33-23-24-34-25(2)26/h3-24H2,1-2H3. The maximum atomic E-state index is 10.6. The maximum absolute atomic E-state index is 10.6. The van der Waals surface area contributed by atoms with Crippen molar-refractivity contribution in [2.75, 3.05) is 99.1 Å². The van der Waals surface area contributed by atoms with Crippen molar-refractivity contribution in [1.82, 2.24) is 0 Å². The lowest BCUT2D eigenvalue weighted by Gasteiger charge is -2.08. The Labute approximate surface area is 207 Å². The third-order valence-corrected chi connectivity index (χ3v) is 4.66. The molecule has 0 heterocycles. The Balaban J connectivity index is 3.01. The van der Waals surface area contributed by atoms with Gasteiger partial charge in [0.05, 0.1) is 85.9 Å². The summed E-state index contributed by atoms with van der Waals surface area (Å²) in [6, 6.07) is 0. The summed E-state index contributed by atoms with van der Waals surface area (Å²) in [4.78, 5) is 10.6. The van der Waals surface area contributed by atoms with E-state index in [1.54, 1.807) is 0 Å². The number of rotatable bonds is 29.